The van der Waals surface area contributed by atoms with Gasteiger partial charge in [0.25, 0.3) is 0 Å². The van der Waals surface area contributed by atoms with Gasteiger partial charge in [-0.1, -0.05) is 95.9 Å². The zero-order valence-electron chi connectivity index (χ0n) is 25.8. The van der Waals surface area contributed by atoms with Gasteiger partial charge in [0.2, 0.25) is 11.7 Å². The first-order valence-corrected chi connectivity index (χ1v) is 14.8. The summed E-state index contributed by atoms with van der Waals surface area (Å²) in [5, 5.41) is 12.8. The van der Waals surface area contributed by atoms with E-state index in [9.17, 15) is 0 Å². The maximum atomic E-state index is 6.28. The Balaban J connectivity index is 0.000000909. The van der Waals surface area contributed by atoms with Crippen molar-refractivity contribution in [3.8, 4) is 17.1 Å². The standard InChI is InChI=1S/C33H40N2O2.C2H6N2/c1-7-8-9-22(2)31-34-30(35-37-31)26-12-11-25-20-27(14-13-24(25)19-26)36-21-23-10-15-28-29(18-23)33(5,6)17-16-32(28,3)4;1-2(3)4/h10-15,18-20,22H,7-9,16-17,21H2,1-6H3;1H3,(H3,3,4)/t22-;/m0./s1. The van der Waals surface area contributed by atoms with E-state index in [0.717, 1.165) is 34.4 Å². The molecule has 6 heteroatoms. The fourth-order valence-corrected chi connectivity index (χ4v) is 5.53. The minimum Gasteiger partial charge on any atom is -0.489 e. The molecule has 6 nitrogen and oxygen atoms in total. The quantitative estimate of drug-likeness (QED) is 0.167. The predicted octanol–water partition coefficient (Wildman–Crippen LogP) is 9.05. The van der Waals surface area contributed by atoms with Crippen molar-refractivity contribution in [2.75, 3.05) is 0 Å². The van der Waals surface area contributed by atoms with Gasteiger partial charge in [-0.15, -0.1) is 0 Å². The van der Waals surface area contributed by atoms with Gasteiger partial charge in [0.1, 0.15) is 12.4 Å². The summed E-state index contributed by atoms with van der Waals surface area (Å²) in [5.74, 6) is 2.71. The summed E-state index contributed by atoms with van der Waals surface area (Å²) in [7, 11) is 0. The molecule has 218 valence electrons. The topological polar surface area (TPSA) is 98.0 Å². The molecule has 0 saturated heterocycles. The Morgan fingerprint density at radius 2 is 1.63 bits per heavy atom. The van der Waals surface area contributed by atoms with Crippen LogP contribution in [0.4, 0.5) is 0 Å². The number of unbranched alkanes of at least 4 members (excludes halogenated alkanes) is 1. The van der Waals surface area contributed by atoms with E-state index in [-0.39, 0.29) is 22.6 Å². The van der Waals surface area contributed by atoms with Gasteiger partial charge in [0, 0.05) is 11.5 Å². The third-order valence-electron chi connectivity index (χ3n) is 8.25. The number of rotatable bonds is 8. The average molecular weight is 555 g/mol. The summed E-state index contributed by atoms with van der Waals surface area (Å²) < 4.78 is 11.8. The van der Waals surface area contributed by atoms with Crippen LogP contribution in [0, 0.1) is 5.41 Å². The van der Waals surface area contributed by atoms with Gasteiger partial charge in [-0.2, -0.15) is 4.98 Å². The number of hydrogen-bond acceptors (Lipinski definition) is 5. The summed E-state index contributed by atoms with van der Waals surface area (Å²) in [6.07, 6.45) is 5.86. The summed E-state index contributed by atoms with van der Waals surface area (Å²) in [6.45, 7) is 15.9. The molecule has 1 atom stereocenters. The molecule has 0 fully saturated rings. The van der Waals surface area contributed by atoms with Gasteiger partial charge in [0.15, 0.2) is 0 Å². The fourth-order valence-electron chi connectivity index (χ4n) is 5.53. The molecule has 4 aromatic rings. The lowest BCUT2D eigenvalue weighted by Gasteiger charge is -2.42. The number of amidine groups is 1. The molecule has 0 spiro atoms. The molecule has 5 rings (SSSR count). The summed E-state index contributed by atoms with van der Waals surface area (Å²) in [6, 6.07) is 19.5. The highest BCUT2D eigenvalue weighted by atomic mass is 16.5. The molecule has 1 heterocycles. The van der Waals surface area contributed by atoms with Crippen molar-refractivity contribution in [2.24, 2.45) is 5.73 Å². The van der Waals surface area contributed by atoms with Crippen molar-refractivity contribution >= 4 is 16.6 Å². The second-order valence-electron chi connectivity index (χ2n) is 12.8. The molecule has 1 aliphatic rings. The maximum absolute atomic E-state index is 6.28. The zero-order chi connectivity index (χ0) is 29.8. The SMILES string of the molecule is CC(=N)N.CCCC[C@H](C)c1nc(-c2ccc3cc(OCc4ccc5c(c4)C(C)(C)CCC5(C)C)ccc3c2)no1. The number of benzene rings is 3. The average Bonchev–Trinajstić information content (AvgIpc) is 3.43. The van der Waals surface area contributed by atoms with Crippen LogP contribution in [0.5, 0.6) is 5.75 Å². The minimum atomic E-state index is 0.167. The van der Waals surface area contributed by atoms with Gasteiger partial charge in [-0.05, 0) is 82.7 Å². The van der Waals surface area contributed by atoms with Crippen LogP contribution in [0.2, 0.25) is 0 Å². The van der Waals surface area contributed by atoms with Crippen LogP contribution >= 0.6 is 0 Å². The largest absolute Gasteiger partial charge is 0.489 e. The molecule has 3 N–H and O–H groups in total. The van der Waals surface area contributed by atoms with Gasteiger partial charge in [-0.3, -0.25) is 5.41 Å². The van der Waals surface area contributed by atoms with E-state index >= 15 is 0 Å². The first kappa shape index (κ1) is 30.3. The maximum Gasteiger partial charge on any atom is 0.229 e. The fraction of sp³-hybridized carbons (Fsp3) is 0.457. The molecule has 0 bridgehead atoms. The summed E-state index contributed by atoms with van der Waals surface area (Å²) in [5.41, 5.74) is 10.3. The van der Waals surface area contributed by atoms with Crippen molar-refractivity contribution in [2.45, 2.75) is 104 Å². The normalized spacial score (nSPS) is 15.9. The Morgan fingerprint density at radius 3 is 2.34 bits per heavy atom. The Bertz CT molecular complexity index is 1500. The third-order valence-corrected chi connectivity index (χ3v) is 8.25. The molecule has 41 heavy (non-hydrogen) atoms. The van der Waals surface area contributed by atoms with E-state index in [2.05, 4.69) is 100 Å². The van der Waals surface area contributed by atoms with Crippen LogP contribution in [0.25, 0.3) is 22.2 Å². The lowest BCUT2D eigenvalue weighted by Crippen LogP contribution is -2.33. The number of ether oxygens (including phenoxy) is 1. The monoisotopic (exact) mass is 554 g/mol. The molecular weight excluding hydrogens is 508 g/mol. The number of nitrogens with two attached hydrogens (primary N) is 1. The van der Waals surface area contributed by atoms with Gasteiger partial charge < -0.3 is 15.0 Å². The van der Waals surface area contributed by atoms with Crippen LogP contribution in [-0.4, -0.2) is 16.0 Å². The minimum absolute atomic E-state index is 0.167. The molecule has 0 unspecified atom stereocenters. The third kappa shape index (κ3) is 7.35. The van der Waals surface area contributed by atoms with Gasteiger partial charge in [-0.25, -0.2) is 0 Å². The number of aromatic nitrogens is 2. The van der Waals surface area contributed by atoms with Crippen molar-refractivity contribution in [3.05, 3.63) is 77.2 Å². The molecule has 0 amide bonds. The summed E-state index contributed by atoms with van der Waals surface area (Å²) in [4.78, 5) is 4.67. The number of nitrogens with one attached hydrogen (secondary N) is 1. The Kier molecular flexibility index (Phi) is 9.21. The van der Waals surface area contributed by atoms with Gasteiger partial charge in [0.05, 0.1) is 5.84 Å². The van der Waals surface area contributed by atoms with E-state index < -0.39 is 0 Å². The lowest BCUT2D eigenvalue weighted by atomic mass is 9.63. The lowest BCUT2D eigenvalue weighted by molar-refractivity contribution is 0.303. The van der Waals surface area contributed by atoms with E-state index in [1.54, 1.807) is 0 Å². The number of nitrogens with zero attached hydrogens (tertiary/aromatic N) is 2. The van der Waals surface area contributed by atoms with E-state index in [4.69, 9.17) is 20.4 Å². The molecule has 3 aromatic carbocycles. The highest BCUT2D eigenvalue weighted by Gasteiger charge is 2.36. The molecule has 1 aliphatic carbocycles. The zero-order valence-corrected chi connectivity index (χ0v) is 25.8. The van der Waals surface area contributed by atoms with Crippen molar-refractivity contribution in [1.29, 1.82) is 5.41 Å². The Morgan fingerprint density at radius 1 is 0.976 bits per heavy atom. The highest BCUT2D eigenvalue weighted by molar-refractivity contribution is 5.87. The predicted molar refractivity (Wildman–Crippen MR) is 169 cm³/mol. The van der Waals surface area contributed by atoms with Crippen LogP contribution in [0.15, 0.2) is 59.1 Å². The van der Waals surface area contributed by atoms with E-state index in [0.29, 0.717) is 12.4 Å². The molecular formula is C35H46N4O2. The highest BCUT2D eigenvalue weighted by Crippen LogP contribution is 2.46. The van der Waals surface area contributed by atoms with Crippen LogP contribution in [0.3, 0.4) is 0 Å². The van der Waals surface area contributed by atoms with Crippen molar-refractivity contribution in [3.63, 3.8) is 0 Å². The first-order chi connectivity index (χ1) is 19.4. The molecule has 1 aromatic heterocycles. The summed E-state index contributed by atoms with van der Waals surface area (Å²) >= 11 is 0. The number of fused-ring (bicyclic) bond motifs is 2. The molecule has 0 saturated carbocycles. The van der Waals surface area contributed by atoms with Crippen molar-refractivity contribution < 1.29 is 9.26 Å². The Hall–Kier alpha value is -3.67. The second kappa shape index (κ2) is 12.5. The van der Waals surface area contributed by atoms with Crippen LogP contribution in [0.1, 0.15) is 109 Å². The molecule has 0 radical (unpaired) electrons. The van der Waals surface area contributed by atoms with Crippen LogP contribution < -0.4 is 10.5 Å². The van der Waals surface area contributed by atoms with E-state index in [1.165, 1.54) is 49.3 Å². The Labute approximate surface area is 245 Å². The van der Waals surface area contributed by atoms with Crippen LogP contribution in [-0.2, 0) is 17.4 Å². The first-order valence-electron chi connectivity index (χ1n) is 14.8. The van der Waals surface area contributed by atoms with E-state index in [1.807, 2.05) is 6.07 Å². The second-order valence-corrected chi connectivity index (χ2v) is 12.8. The molecule has 0 aliphatic heterocycles. The smallest absolute Gasteiger partial charge is 0.229 e. The van der Waals surface area contributed by atoms with Crippen molar-refractivity contribution in [1.82, 2.24) is 10.1 Å². The van der Waals surface area contributed by atoms with Gasteiger partial charge >= 0.3 is 0 Å². The number of hydrogen-bond donors (Lipinski definition) is 2.